The molecule has 0 aromatic heterocycles. The third-order valence-corrected chi connectivity index (χ3v) is 7.31. The van der Waals surface area contributed by atoms with E-state index in [1.54, 1.807) is 35.2 Å². The zero-order valence-corrected chi connectivity index (χ0v) is 18.5. The zero-order chi connectivity index (χ0) is 22.0. The number of morpholine rings is 1. The fourth-order valence-corrected chi connectivity index (χ4v) is 5.34. The topological polar surface area (TPSA) is 96.0 Å². The lowest BCUT2D eigenvalue weighted by atomic mass is 10.1. The minimum atomic E-state index is -3.91. The quantitative estimate of drug-likeness (QED) is 0.723. The number of hydrogen-bond donors (Lipinski definition) is 1. The monoisotopic (exact) mass is 465 g/mol. The summed E-state index contributed by atoms with van der Waals surface area (Å²) >= 11 is 5.99. The van der Waals surface area contributed by atoms with E-state index in [1.807, 2.05) is 0 Å². The highest BCUT2D eigenvalue weighted by Gasteiger charge is 2.34. The maximum atomic E-state index is 12.9. The van der Waals surface area contributed by atoms with Crippen LogP contribution in [0.25, 0.3) is 10.8 Å². The maximum Gasteiger partial charge on any atom is 0.242 e. The van der Waals surface area contributed by atoms with Crippen molar-refractivity contribution in [1.82, 2.24) is 14.5 Å². The zero-order valence-electron chi connectivity index (χ0n) is 16.9. The van der Waals surface area contributed by atoms with Gasteiger partial charge in [0.05, 0.1) is 24.7 Å². The van der Waals surface area contributed by atoms with Crippen LogP contribution in [0.5, 0.6) is 0 Å². The summed E-state index contributed by atoms with van der Waals surface area (Å²) in [6.07, 6.45) is 1.01. The second kappa shape index (κ2) is 9.12. The number of nitrogens with zero attached hydrogens (tertiary/aromatic N) is 2. The molecule has 2 heterocycles. The molecule has 2 aromatic carbocycles. The molecule has 1 atom stereocenters. The van der Waals surface area contributed by atoms with Crippen LogP contribution >= 0.6 is 11.6 Å². The van der Waals surface area contributed by atoms with E-state index < -0.39 is 16.1 Å². The minimum Gasteiger partial charge on any atom is -0.378 e. The van der Waals surface area contributed by atoms with Crippen molar-refractivity contribution in [2.24, 2.45) is 0 Å². The minimum absolute atomic E-state index is 0.0478. The third kappa shape index (κ3) is 5.01. The molecular weight excluding hydrogens is 442 g/mol. The molecule has 2 aliphatic rings. The highest BCUT2D eigenvalue weighted by molar-refractivity contribution is 7.89. The Hall–Kier alpha value is -2.20. The molecule has 2 aromatic rings. The van der Waals surface area contributed by atoms with Crippen molar-refractivity contribution in [3.05, 3.63) is 41.4 Å². The van der Waals surface area contributed by atoms with Crippen molar-refractivity contribution in [1.29, 1.82) is 0 Å². The van der Waals surface area contributed by atoms with E-state index in [4.69, 9.17) is 16.3 Å². The van der Waals surface area contributed by atoms with E-state index >= 15 is 0 Å². The predicted octanol–water partition coefficient (Wildman–Crippen LogP) is 1.62. The molecule has 0 spiro atoms. The summed E-state index contributed by atoms with van der Waals surface area (Å²) < 4.78 is 33.7. The second-order valence-corrected chi connectivity index (χ2v) is 9.87. The predicted molar refractivity (Wildman–Crippen MR) is 116 cm³/mol. The van der Waals surface area contributed by atoms with Gasteiger partial charge in [-0.2, -0.15) is 4.72 Å². The molecular formula is C21H24ClN3O5S. The average Bonchev–Trinajstić information content (AvgIpc) is 2.76. The van der Waals surface area contributed by atoms with Gasteiger partial charge < -0.3 is 14.5 Å². The van der Waals surface area contributed by atoms with Crippen molar-refractivity contribution in [2.45, 2.75) is 23.8 Å². The fraction of sp³-hybridized carbons (Fsp3) is 0.429. The Morgan fingerprint density at radius 1 is 1.10 bits per heavy atom. The summed E-state index contributed by atoms with van der Waals surface area (Å²) in [4.78, 5) is 28.6. The number of sulfonamides is 1. The number of hydrogen-bond acceptors (Lipinski definition) is 5. The van der Waals surface area contributed by atoms with Gasteiger partial charge in [0.1, 0.15) is 6.04 Å². The van der Waals surface area contributed by atoms with Crippen molar-refractivity contribution in [2.75, 3.05) is 39.4 Å². The van der Waals surface area contributed by atoms with Gasteiger partial charge in [-0.1, -0.05) is 23.7 Å². The molecule has 1 N–H and O–H groups in total. The molecule has 2 saturated heterocycles. The molecule has 0 aliphatic carbocycles. The molecule has 10 heteroatoms. The number of carbonyl (C=O) groups excluding carboxylic acids is 2. The molecule has 1 unspecified atom stereocenters. The number of ether oxygens (including phenoxy) is 1. The number of benzene rings is 2. The molecule has 166 valence electrons. The van der Waals surface area contributed by atoms with Gasteiger partial charge in [0.25, 0.3) is 0 Å². The summed E-state index contributed by atoms with van der Waals surface area (Å²) in [5.41, 5.74) is 0. The highest BCUT2D eigenvalue weighted by Crippen LogP contribution is 2.23. The summed E-state index contributed by atoms with van der Waals surface area (Å²) in [5.74, 6) is -0.516. The number of piperidine rings is 1. The lowest BCUT2D eigenvalue weighted by molar-refractivity contribution is -0.145. The first-order valence-electron chi connectivity index (χ1n) is 10.2. The molecule has 0 saturated carbocycles. The molecule has 4 rings (SSSR count). The Bertz CT molecular complexity index is 1100. The molecule has 8 nitrogen and oxygen atoms in total. The van der Waals surface area contributed by atoms with Gasteiger partial charge in [0.15, 0.2) is 0 Å². The molecule has 31 heavy (non-hydrogen) atoms. The van der Waals surface area contributed by atoms with Crippen LogP contribution in [0.1, 0.15) is 12.8 Å². The number of fused-ring (bicyclic) bond motifs is 1. The Balaban J connectivity index is 1.45. The van der Waals surface area contributed by atoms with Gasteiger partial charge in [-0.3, -0.25) is 9.59 Å². The molecule has 0 bridgehead atoms. The van der Waals surface area contributed by atoms with Gasteiger partial charge in [0, 0.05) is 24.7 Å². The van der Waals surface area contributed by atoms with Crippen LogP contribution in [-0.2, 0) is 24.3 Å². The summed E-state index contributed by atoms with van der Waals surface area (Å²) in [6, 6.07) is 9.05. The molecule has 2 amide bonds. The highest BCUT2D eigenvalue weighted by atomic mass is 35.5. The number of carbonyl (C=O) groups is 2. The lowest BCUT2D eigenvalue weighted by Gasteiger charge is -2.34. The van der Waals surface area contributed by atoms with Crippen LogP contribution in [0.4, 0.5) is 0 Å². The van der Waals surface area contributed by atoms with Crippen LogP contribution in [0, 0.1) is 0 Å². The van der Waals surface area contributed by atoms with Crippen molar-refractivity contribution >= 4 is 44.2 Å². The van der Waals surface area contributed by atoms with E-state index in [-0.39, 0.29) is 23.3 Å². The van der Waals surface area contributed by atoms with Gasteiger partial charge in [-0.15, -0.1) is 0 Å². The summed E-state index contributed by atoms with van der Waals surface area (Å²) in [5, 5.41) is 2.13. The van der Waals surface area contributed by atoms with E-state index in [2.05, 4.69) is 4.72 Å². The molecule has 0 radical (unpaired) electrons. The number of likely N-dealkylation sites (tertiary alicyclic amines) is 1. The third-order valence-electron chi connectivity index (χ3n) is 5.60. The second-order valence-electron chi connectivity index (χ2n) is 7.72. The van der Waals surface area contributed by atoms with E-state index in [9.17, 15) is 18.0 Å². The standard InChI is InChI=1S/C21H24ClN3O5S/c22-17-5-3-16-13-18(6-4-15(16)12-17)31(28,29)23-19-2-1-7-25(21(19)27)14-20(26)24-8-10-30-11-9-24/h3-6,12-13,19,23H,1-2,7-11,14H2. The van der Waals surface area contributed by atoms with Crippen LogP contribution in [0.3, 0.4) is 0 Å². The van der Waals surface area contributed by atoms with Gasteiger partial charge in [-0.05, 0) is 47.9 Å². The first-order valence-corrected chi connectivity index (χ1v) is 12.1. The SMILES string of the molecule is O=C(CN1CCCC(NS(=O)(=O)c2ccc3cc(Cl)ccc3c2)C1=O)N1CCOCC1. The smallest absolute Gasteiger partial charge is 0.242 e. The first-order chi connectivity index (χ1) is 14.8. The average molecular weight is 466 g/mol. The number of nitrogens with one attached hydrogen (secondary N) is 1. The molecule has 2 aliphatic heterocycles. The van der Waals surface area contributed by atoms with Crippen LogP contribution < -0.4 is 4.72 Å². The Labute approximate surface area is 186 Å². The van der Waals surface area contributed by atoms with E-state index in [0.29, 0.717) is 50.7 Å². The van der Waals surface area contributed by atoms with Gasteiger partial charge >= 0.3 is 0 Å². The normalized spacial score (nSPS) is 20.3. The van der Waals surface area contributed by atoms with Crippen LogP contribution in [0.15, 0.2) is 41.3 Å². The van der Waals surface area contributed by atoms with Crippen LogP contribution in [0.2, 0.25) is 5.02 Å². The Morgan fingerprint density at radius 2 is 1.81 bits per heavy atom. The largest absolute Gasteiger partial charge is 0.378 e. The number of amides is 2. The first kappa shape index (κ1) is 22.0. The maximum absolute atomic E-state index is 12.9. The number of rotatable bonds is 5. The van der Waals surface area contributed by atoms with Crippen molar-refractivity contribution in [3.63, 3.8) is 0 Å². The fourth-order valence-electron chi connectivity index (χ4n) is 3.90. The van der Waals surface area contributed by atoms with Crippen LogP contribution in [-0.4, -0.2) is 75.5 Å². The van der Waals surface area contributed by atoms with Gasteiger partial charge in [0.2, 0.25) is 21.8 Å². The Morgan fingerprint density at radius 3 is 2.58 bits per heavy atom. The molecule has 2 fully saturated rings. The van der Waals surface area contributed by atoms with E-state index in [1.165, 1.54) is 11.0 Å². The lowest BCUT2D eigenvalue weighted by Crippen LogP contribution is -2.55. The van der Waals surface area contributed by atoms with Crippen molar-refractivity contribution < 1.29 is 22.7 Å². The van der Waals surface area contributed by atoms with Crippen molar-refractivity contribution in [3.8, 4) is 0 Å². The summed E-state index contributed by atoms with van der Waals surface area (Å²) in [7, 11) is -3.91. The van der Waals surface area contributed by atoms with Gasteiger partial charge in [-0.25, -0.2) is 8.42 Å². The number of halogens is 1. The summed E-state index contributed by atoms with van der Waals surface area (Å²) in [6.45, 7) is 2.37. The van der Waals surface area contributed by atoms with E-state index in [0.717, 1.165) is 10.8 Å². The Kier molecular flexibility index (Phi) is 6.47.